The summed E-state index contributed by atoms with van der Waals surface area (Å²) < 4.78 is 0. The first-order valence-electron chi connectivity index (χ1n) is 7.37. The van der Waals surface area contributed by atoms with Crippen LogP contribution in [-0.2, 0) is 4.79 Å². The van der Waals surface area contributed by atoms with E-state index in [1.54, 1.807) is 17.5 Å². The monoisotopic (exact) mass is 331 g/mol. The maximum absolute atomic E-state index is 12.3. The summed E-state index contributed by atoms with van der Waals surface area (Å²) in [6.07, 6.45) is 3.35. The van der Waals surface area contributed by atoms with E-state index in [0.717, 1.165) is 23.4 Å². The summed E-state index contributed by atoms with van der Waals surface area (Å²) in [7, 11) is 0. The summed E-state index contributed by atoms with van der Waals surface area (Å²) in [4.78, 5) is 27.5. The van der Waals surface area contributed by atoms with Crippen LogP contribution in [0.1, 0.15) is 36.0 Å². The van der Waals surface area contributed by atoms with Crippen molar-refractivity contribution >= 4 is 29.0 Å². The Balaban J connectivity index is 1.72. The van der Waals surface area contributed by atoms with Gasteiger partial charge in [0.05, 0.1) is 11.1 Å². The largest absolute Gasteiger partial charge is 0.478 e. The molecule has 23 heavy (non-hydrogen) atoms. The van der Waals surface area contributed by atoms with Gasteiger partial charge in [-0.1, -0.05) is 25.0 Å². The Bertz CT molecular complexity index is 733. The first-order chi connectivity index (χ1) is 11.0. The number of carbonyl (C=O) groups excluding carboxylic acids is 1. The second-order valence-corrected chi connectivity index (χ2v) is 6.60. The van der Waals surface area contributed by atoms with Crippen LogP contribution in [0, 0.1) is 0 Å². The van der Waals surface area contributed by atoms with Gasteiger partial charge in [0.1, 0.15) is 10.8 Å². The predicted molar refractivity (Wildman–Crippen MR) is 88.5 cm³/mol. The molecular formula is C16H17N3O3S. The van der Waals surface area contributed by atoms with Crippen molar-refractivity contribution in [2.75, 3.05) is 5.32 Å². The fourth-order valence-electron chi connectivity index (χ4n) is 2.69. The van der Waals surface area contributed by atoms with Crippen molar-refractivity contribution in [2.24, 2.45) is 5.73 Å². The lowest BCUT2D eigenvalue weighted by Crippen LogP contribution is -2.48. The number of thiazole rings is 1. The Morgan fingerprint density at radius 3 is 2.48 bits per heavy atom. The van der Waals surface area contributed by atoms with Crippen molar-refractivity contribution in [1.82, 2.24) is 4.98 Å². The molecule has 6 nitrogen and oxygen atoms in total. The predicted octanol–water partition coefficient (Wildman–Crippen LogP) is 2.72. The molecule has 1 aromatic heterocycles. The Hall–Kier alpha value is -2.25. The van der Waals surface area contributed by atoms with Crippen LogP contribution in [0.15, 0.2) is 29.6 Å². The Kier molecular flexibility index (Phi) is 4.14. The van der Waals surface area contributed by atoms with Crippen LogP contribution in [0.25, 0.3) is 10.6 Å². The fraction of sp³-hybridized carbons (Fsp3) is 0.312. The summed E-state index contributed by atoms with van der Waals surface area (Å²) >= 11 is 1.39. The Morgan fingerprint density at radius 1 is 1.22 bits per heavy atom. The second kappa shape index (κ2) is 6.10. The molecule has 0 unspecified atom stereocenters. The third-order valence-electron chi connectivity index (χ3n) is 4.07. The number of nitrogens with two attached hydrogens (primary N) is 1. The lowest BCUT2D eigenvalue weighted by molar-refractivity contribution is -0.121. The summed E-state index contributed by atoms with van der Waals surface area (Å²) in [6, 6.07) is 6.47. The zero-order valence-electron chi connectivity index (χ0n) is 12.4. The molecule has 1 heterocycles. The number of hydrogen-bond donors (Lipinski definition) is 3. The molecule has 3 rings (SSSR count). The molecule has 1 aliphatic carbocycles. The molecule has 1 saturated carbocycles. The molecule has 120 valence electrons. The van der Waals surface area contributed by atoms with E-state index in [1.807, 2.05) is 0 Å². The minimum absolute atomic E-state index is 0.187. The average Bonchev–Trinajstić information content (AvgIpc) is 3.17. The second-order valence-electron chi connectivity index (χ2n) is 5.74. The lowest BCUT2D eigenvalue weighted by Gasteiger charge is -2.21. The third kappa shape index (κ3) is 3.25. The van der Waals surface area contributed by atoms with Gasteiger partial charge in [0.2, 0.25) is 5.91 Å². The number of carboxylic acids is 1. The molecule has 2 aromatic rings. The number of aromatic carboxylic acids is 1. The van der Waals surface area contributed by atoms with E-state index in [1.165, 1.54) is 23.5 Å². The van der Waals surface area contributed by atoms with Gasteiger partial charge < -0.3 is 16.2 Å². The number of rotatable bonds is 4. The molecule has 7 heteroatoms. The standard InChI is InChI=1S/C16H17N3O3S/c17-16(7-1-2-8-16)15(22)19-12-9-23-13(18-12)10-3-5-11(6-4-10)14(20)21/h3-6,9H,1-2,7-8,17H2,(H,19,22)(H,20,21). The minimum Gasteiger partial charge on any atom is -0.478 e. The van der Waals surface area contributed by atoms with Crippen LogP contribution < -0.4 is 11.1 Å². The van der Waals surface area contributed by atoms with Crippen LogP contribution in [0.2, 0.25) is 0 Å². The number of aromatic nitrogens is 1. The molecule has 1 aromatic carbocycles. The summed E-state index contributed by atoms with van der Waals surface area (Å²) in [5.41, 5.74) is 6.37. The maximum atomic E-state index is 12.3. The molecule has 1 fully saturated rings. The highest BCUT2D eigenvalue weighted by Crippen LogP contribution is 2.30. The molecule has 1 aliphatic rings. The fourth-order valence-corrected chi connectivity index (χ4v) is 3.45. The van der Waals surface area contributed by atoms with Crippen molar-refractivity contribution in [1.29, 1.82) is 0 Å². The van der Waals surface area contributed by atoms with Crippen molar-refractivity contribution in [3.63, 3.8) is 0 Å². The molecule has 0 spiro atoms. The van der Waals surface area contributed by atoms with Gasteiger partial charge >= 0.3 is 5.97 Å². The van der Waals surface area contributed by atoms with Gasteiger partial charge in [0.15, 0.2) is 0 Å². The summed E-state index contributed by atoms with van der Waals surface area (Å²) in [6.45, 7) is 0. The van der Waals surface area contributed by atoms with Crippen LogP contribution in [-0.4, -0.2) is 27.5 Å². The summed E-state index contributed by atoms with van der Waals surface area (Å²) in [5.74, 6) is -0.671. The van der Waals surface area contributed by atoms with Crippen LogP contribution >= 0.6 is 11.3 Å². The molecule has 0 saturated heterocycles. The number of benzene rings is 1. The van der Waals surface area contributed by atoms with Gasteiger partial charge in [-0.15, -0.1) is 11.3 Å². The average molecular weight is 331 g/mol. The molecule has 0 aliphatic heterocycles. The van der Waals surface area contributed by atoms with E-state index < -0.39 is 11.5 Å². The number of nitrogens with zero attached hydrogens (tertiary/aromatic N) is 1. The number of anilines is 1. The van der Waals surface area contributed by atoms with Crippen LogP contribution in [0.5, 0.6) is 0 Å². The van der Waals surface area contributed by atoms with Crippen molar-refractivity contribution < 1.29 is 14.7 Å². The van der Waals surface area contributed by atoms with E-state index in [9.17, 15) is 9.59 Å². The third-order valence-corrected chi connectivity index (χ3v) is 4.96. The smallest absolute Gasteiger partial charge is 0.335 e. The summed E-state index contributed by atoms with van der Waals surface area (Å²) in [5, 5.41) is 14.2. The van der Waals surface area contributed by atoms with Gasteiger partial charge in [0.25, 0.3) is 0 Å². The minimum atomic E-state index is -0.964. The Morgan fingerprint density at radius 2 is 1.87 bits per heavy atom. The van der Waals surface area contributed by atoms with Gasteiger partial charge in [-0.3, -0.25) is 4.79 Å². The quantitative estimate of drug-likeness (QED) is 0.799. The number of amides is 1. The van der Waals surface area contributed by atoms with E-state index in [0.29, 0.717) is 18.7 Å². The molecule has 0 radical (unpaired) electrons. The zero-order valence-corrected chi connectivity index (χ0v) is 13.2. The van der Waals surface area contributed by atoms with Crippen LogP contribution in [0.4, 0.5) is 5.82 Å². The molecule has 1 amide bonds. The van der Waals surface area contributed by atoms with E-state index in [-0.39, 0.29) is 11.5 Å². The van der Waals surface area contributed by atoms with Gasteiger partial charge in [-0.2, -0.15) is 0 Å². The lowest BCUT2D eigenvalue weighted by atomic mass is 9.98. The number of hydrogen-bond acceptors (Lipinski definition) is 5. The normalized spacial score (nSPS) is 16.2. The zero-order chi connectivity index (χ0) is 16.4. The molecule has 0 bridgehead atoms. The van der Waals surface area contributed by atoms with Crippen molar-refractivity contribution in [3.05, 3.63) is 35.2 Å². The molecular weight excluding hydrogens is 314 g/mol. The topological polar surface area (TPSA) is 105 Å². The molecule has 4 N–H and O–H groups in total. The Labute approximate surface area is 137 Å². The first kappa shape index (κ1) is 15.6. The first-order valence-corrected chi connectivity index (χ1v) is 8.25. The SMILES string of the molecule is NC1(C(=O)Nc2csc(-c3ccc(C(=O)O)cc3)n2)CCCC1. The van der Waals surface area contributed by atoms with Gasteiger partial charge in [-0.05, 0) is 25.0 Å². The highest BCUT2D eigenvalue weighted by atomic mass is 32.1. The van der Waals surface area contributed by atoms with E-state index >= 15 is 0 Å². The van der Waals surface area contributed by atoms with Crippen molar-refractivity contribution in [3.8, 4) is 10.6 Å². The molecule has 0 atom stereocenters. The van der Waals surface area contributed by atoms with Gasteiger partial charge in [-0.25, -0.2) is 9.78 Å². The van der Waals surface area contributed by atoms with Gasteiger partial charge in [0, 0.05) is 10.9 Å². The number of carboxylic acid groups (broad SMARTS) is 1. The highest BCUT2D eigenvalue weighted by molar-refractivity contribution is 7.13. The van der Waals surface area contributed by atoms with E-state index in [2.05, 4.69) is 10.3 Å². The highest BCUT2D eigenvalue weighted by Gasteiger charge is 2.37. The van der Waals surface area contributed by atoms with Crippen LogP contribution in [0.3, 0.4) is 0 Å². The maximum Gasteiger partial charge on any atom is 0.335 e. The van der Waals surface area contributed by atoms with Crippen molar-refractivity contribution in [2.45, 2.75) is 31.2 Å². The number of nitrogens with one attached hydrogen (secondary N) is 1. The number of carbonyl (C=O) groups is 2. The van der Waals surface area contributed by atoms with E-state index in [4.69, 9.17) is 10.8 Å².